The molecule has 1 saturated heterocycles. The monoisotopic (exact) mass is 430 g/mol. The summed E-state index contributed by atoms with van der Waals surface area (Å²) in [6, 6.07) is 8.89. The van der Waals surface area contributed by atoms with Crippen LogP contribution in [0.3, 0.4) is 0 Å². The maximum Gasteiger partial charge on any atom is 0.132 e. The quantitative estimate of drug-likeness (QED) is 0.493. The molecule has 0 bridgehead atoms. The van der Waals surface area contributed by atoms with Crippen molar-refractivity contribution in [3.05, 3.63) is 47.4 Å². The molecule has 1 aliphatic heterocycles. The summed E-state index contributed by atoms with van der Waals surface area (Å²) >= 11 is 1.85. The fourth-order valence-electron chi connectivity index (χ4n) is 4.11. The first-order valence-corrected chi connectivity index (χ1v) is 10.4. The van der Waals surface area contributed by atoms with E-state index in [1.165, 1.54) is 26.1 Å². The summed E-state index contributed by atoms with van der Waals surface area (Å²) in [7, 11) is 2.19. The van der Waals surface area contributed by atoms with Gasteiger partial charge in [0.1, 0.15) is 5.82 Å². The average Bonchev–Trinajstić information content (AvgIpc) is 3.23. The lowest BCUT2D eigenvalue weighted by molar-refractivity contribution is 0.251. The molecular formula is C22H27ClN4OS. The van der Waals surface area contributed by atoms with Gasteiger partial charge in [0.2, 0.25) is 0 Å². The lowest BCUT2D eigenvalue weighted by Gasteiger charge is -2.27. The zero-order chi connectivity index (χ0) is 18.5. The van der Waals surface area contributed by atoms with Gasteiger partial charge in [-0.2, -0.15) is 0 Å². The van der Waals surface area contributed by atoms with E-state index < -0.39 is 0 Å². The van der Waals surface area contributed by atoms with E-state index in [1.54, 1.807) is 0 Å². The minimum Gasteiger partial charge on any atom is -0.412 e. The highest BCUT2D eigenvalue weighted by Crippen LogP contribution is 2.39. The number of likely N-dealkylation sites (tertiary alicyclic amines) is 1. The molecule has 1 aliphatic rings. The molecule has 0 aliphatic carbocycles. The Labute approximate surface area is 180 Å². The van der Waals surface area contributed by atoms with Gasteiger partial charge in [-0.3, -0.25) is 0 Å². The van der Waals surface area contributed by atoms with Crippen LogP contribution in [0.4, 0.5) is 0 Å². The van der Waals surface area contributed by atoms with Crippen molar-refractivity contribution in [3.63, 3.8) is 0 Å². The Bertz CT molecular complexity index is 1140. The van der Waals surface area contributed by atoms with Crippen LogP contribution in [0.15, 0.2) is 30.5 Å². The summed E-state index contributed by atoms with van der Waals surface area (Å²) in [6.45, 7) is 6.63. The Balaban J connectivity index is 0.00000120. The fraction of sp³-hybridized carbons (Fsp3) is 0.364. The SMILES string of the molecule is Cc1ccc2sc(-c3cc4nc(C5CCN(C)CC5)ncc4[nH]3)c(C)c2c1.Cl.O. The lowest BCUT2D eigenvalue weighted by atomic mass is 9.96. The number of piperidine rings is 1. The molecule has 0 saturated carbocycles. The summed E-state index contributed by atoms with van der Waals surface area (Å²) in [4.78, 5) is 16.8. The van der Waals surface area contributed by atoms with Gasteiger partial charge in [-0.25, -0.2) is 9.97 Å². The predicted molar refractivity (Wildman–Crippen MR) is 125 cm³/mol. The van der Waals surface area contributed by atoms with Crippen LogP contribution >= 0.6 is 23.7 Å². The maximum atomic E-state index is 4.91. The smallest absolute Gasteiger partial charge is 0.132 e. The van der Waals surface area contributed by atoms with Crippen LogP contribution < -0.4 is 0 Å². The second-order valence-electron chi connectivity index (χ2n) is 7.84. The van der Waals surface area contributed by atoms with Crippen molar-refractivity contribution in [2.75, 3.05) is 20.1 Å². The molecule has 5 rings (SSSR count). The molecular weight excluding hydrogens is 404 g/mol. The number of halogens is 1. The van der Waals surface area contributed by atoms with Gasteiger partial charge in [-0.1, -0.05) is 17.7 Å². The third-order valence-electron chi connectivity index (χ3n) is 5.81. The minimum atomic E-state index is 0. The van der Waals surface area contributed by atoms with Crippen LogP contribution in [0.2, 0.25) is 0 Å². The summed E-state index contributed by atoms with van der Waals surface area (Å²) in [5.74, 6) is 1.49. The van der Waals surface area contributed by atoms with E-state index in [0.717, 1.165) is 48.5 Å². The highest BCUT2D eigenvalue weighted by atomic mass is 35.5. The largest absolute Gasteiger partial charge is 0.412 e. The Morgan fingerprint density at radius 1 is 1.14 bits per heavy atom. The van der Waals surface area contributed by atoms with Crippen molar-refractivity contribution in [3.8, 4) is 10.6 Å². The molecule has 1 aromatic carbocycles. The predicted octanol–water partition coefficient (Wildman–Crippen LogP) is 4.86. The molecule has 0 amide bonds. The average molecular weight is 431 g/mol. The van der Waals surface area contributed by atoms with Crippen molar-refractivity contribution in [1.29, 1.82) is 0 Å². The fourth-order valence-corrected chi connectivity index (χ4v) is 5.27. The Hall–Kier alpha value is -1.99. The molecule has 4 heterocycles. The molecule has 0 radical (unpaired) electrons. The third kappa shape index (κ3) is 3.90. The van der Waals surface area contributed by atoms with E-state index in [2.05, 4.69) is 60.0 Å². The molecule has 3 aromatic heterocycles. The number of aryl methyl sites for hydroxylation is 2. The van der Waals surface area contributed by atoms with Crippen LogP contribution in [0.5, 0.6) is 0 Å². The Morgan fingerprint density at radius 2 is 1.90 bits per heavy atom. The van der Waals surface area contributed by atoms with Crippen LogP contribution in [0.25, 0.3) is 31.7 Å². The first-order chi connectivity index (χ1) is 13.1. The number of rotatable bonds is 2. The number of fused-ring (bicyclic) bond motifs is 2. The number of thiophene rings is 1. The normalized spacial score (nSPS) is 15.4. The van der Waals surface area contributed by atoms with Gasteiger partial charge in [-0.05, 0) is 69.9 Å². The number of H-pyrrole nitrogens is 1. The second-order valence-corrected chi connectivity index (χ2v) is 8.90. The van der Waals surface area contributed by atoms with Gasteiger partial charge in [0.05, 0.1) is 27.8 Å². The molecule has 7 heteroatoms. The van der Waals surface area contributed by atoms with Crippen LogP contribution in [-0.2, 0) is 0 Å². The van der Waals surface area contributed by atoms with Crippen molar-refractivity contribution in [2.24, 2.45) is 0 Å². The first-order valence-electron chi connectivity index (χ1n) is 9.63. The molecule has 154 valence electrons. The van der Waals surface area contributed by atoms with Gasteiger partial charge in [0.15, 0.2) is 0 Å². The van der Waals surface area contributed by atoms with Gasteiger partial charge < -0.3 is 15.4 Å². The van der Waals surface area contributed by atoms with Gasteiger partial charge in [-0.15, -0.1) is 23.7 Å². The zero-order valence-electron chi connectivity index (χ0n) is 17.0. The highest BCUT2D eigenvalue weighted by molar-refractivity contribution is 7.22. The minimum absolute atomic E-state index is 0. The summed E-state index contributed by atoms with van der Waals surface area (Å²) < 4.78 is 1.34. The maximum absolute atomic E-state index is 4.91. The van der Waals surface area contributed by atoms with E-state index in [-0.39, 0.29) is 17.9 Å². The van der Waals surface area contributed by atoms with E-state index in [9.17, 15) is 0 Å². The Kier molecular flexibility index (Phi) is 6.29. The number of nitrogens with one attached hydrogen (secondary N) is 1. The Morgan fingerprint density at radius 3 is 2.66 bits per heavy atom. The number of nitrogens with zero attached hydrogens (tertiary/aromatic N) is 3. The molecule has 0 unspecified atom stereocenters. The van der Waals surface area contributed by atoms with E-state index >= 15 is 0 Å². The zero-order valence-corrected chi connectivity index (χ0v) is 18.6. The van der Waals surface area contributed by atoms with E-state index in [4.69, 9.17) is 4.98 Å². The molecule has 5 nitrogen and oxygen atoms in total. The summed E-state index contributed by atoms with van der Waals surface area (Å²) in [6.07, 6.45) is 4.26. The number of hydrogen-bond donors (Lipinski definition) is 1. The number of hydrogen-bond acceptors (Lipinski definition) is 4. The van der Waals surface area contributed by atoms with Gasteiger partial charge in [0, 0.05) is 10.6 Å². The van der Waals surface area contributed by atoms with Crippen LogP contribution in [0, 0.1) is 13.8 Å². The molecule has 29 heavy (non-hydrogen) atoms. The van der Waals surface area contributed by atoms with Crippen LogP contribution in [0.1, 0.15) is 35.7 Å². The first kappa shape index (κ1) is 21.7. The van der Waals surface area contributed by atoms with Gasteiger partial charge >= 0.3 is 0 Å². The van der Waals surface area contributed by atoms with Crippen molar-refractivity contribution in [1.82, 2.24) is 19.9 Å². The third-order valence-corrected chi connectivity index (χ3v) is 7.11. The second kappa shape index (κ2) is 8.40. The number of benzene rings is 1. The standard InChI is InChI=1S/C22H24N4S.ClH.H2O/c1-13-4-5-20-16(10-13)14(2)21(27-20)18-11-17-19(24-18)12-23-22(25-17)15-6-8-26(3)9-7-15;;/h4-5,10-12,15,24H,6-9H2,1-3H3;1H;1H2. The number of aromatic nitrogens is 3. The molecule has 4 aromatic rings. The molecule has 0 atom stereocenters. The topological polar surface area (TPSA) is 76.3 Å². The molecule has 0 spiro atoms. The van der Waals surface area contributed by atoms with E-state index in [1.807, 2.05) is 17.5 Å². The number of aromatic amines is 1. The summed E-state index contributed by atoms with van der Waals surface area (Å²) in [5, 5.41) is 1.35. The van der Waals surface area contributed by atoms with Gasteiger partial charge in [0.25, 0.3) is 0 Å². The molecule has 1 fully saturated rings. The summed E-state index contributed by atoms with van der Waals surface area (Å²) in [5.41, 5.74) is 5.85. The van der Waals surface area contributed by atoms with Crippen LogP contribution in [-0.4, -0.2) is 45.5 Å². The van der Waals surface area contributed by atoms with Crippen molar-refractivity contribution >= 4 is 44.9 Å². The van der Waals surface area contributed by atoms with E-state index in [0.29, 0.717) is 5.92 Å². The lowest BCUT2D eigenvalue weighted by Crippen LogP contribution is -2.29. The van der Waals surface area contributed by atoms with Crippen molar-refractivity contribution in [2.45, 2.75) is 32.6 Å². The van der Waals surface area contributed by atoms with Crippen molar-refractivity contribution < 1.29 is 5.48 Å². The molecule has 3 N–H and O–H groups in total. The highest BCUT2D eigenvalue weighted by Gasteiger charge is 2.21.